The van der Waals surface area contributed by atoms with E-state index in [1.165, 1.54) is 29.8 Å². The molecule has 0 unspecified atom stereocenters. The van der Waals surface area contributed by atoms with Crippen molar-refractivity contribution in [1.82, 2.24) is 20.0 Å². The van der Waals surface area contributed by atoms with Gasteiger partial charge in [-0.2, -0.15) is 8.78 Å². The molecule has 1 aliphatic rings. The van der Waals surface area contributed by atoms with Crippen molar-refractivity contribution in [2.24, 2.45) is 0 Å². The Morgan fingerprint density at radius 2 is 1.75 bits per heavy atom. The number of nitrogens with zero attached hydrogens (tertiary/aromatic N) is 4. The molecule has 0 saturated carbocycles. The average molecular weight is 444 g/mol. The van der Waals surface area contributed by atoms with Crippen LogP contribution in [0.1, 0.15) is 16.2 Å². The van der Waals surface area contributed by atoms with E-state index in [1.54, 1.807) is 4.90 Å². The van der Waals surface area contributed by atoms with Crippen LogP contribution >= 0.6 is 0 Å². The molecule has 32 heavy (non-hydrogen) atoms. The second-order valence-corrected chi connectivity index (χ2v) is 7.65. The van der Waals surface area contributed by atoms with E-state index < -0.39 is 6.61 Å². The summed E-state index contributed by atoms with van der Waals surface area (Å²) in [6.07, 6.45) is -0.108. The molecule has 0 spiro atoms. The maximum atomic E-state index is 12.6. The minimum absolute atomic E-state index is 0.0125. The van der Waals surface area contributed by atoms with Crippen molar-refractivity contribution in [3.8, 4) is 23.0 Å². The number of hydrogen-bond donors (Lipinski definition) is 0. The lowest BCUT2D eigenvalue weighted by molar-refractivity contribution is -0.0498. The van der Waals surface area contributed by atoms with E-state index in [4.69, 9.17) is 9.15 Å². The minimum atomic E-state index is -2.90. The predicted octanol–water partition coefficient (Wildman–Crippen LogP) is 3.30. The van der Waals surface area contributed by atoms with Crippen LogP contribution in [0.2, 0.25) is 0 Å². The summed E-state index contributed by atoms with van der Waals surface area (Å²) >= 11 is 0. The molecule has 1 aliphatic heterocycles. The minimum Gasteiger partial charge on any atom is -0.487 e. The number of rotatable bonds is 8. The van der Waals surface area contributed by atoms with Gasteiger partial charge in [0.05, 0.1) is 13.1 Å². The van der Waals surface area contributed by atoms with Gasteiger partial charge in [-0.25, -0.2) is 0 Å². The van der Waals surface area contributed by atoms with Gasteiger partial charge in [-0.3, -0.25) is 4.79 Å². The van der Waals surface area contributed by atoms with E-state index in [2.05, 4.69) is 19.8 Å². The lowest BCUT2D eigenvalue weighted by Gasteiger charge is -2.38. The van der Waals surface area contributed by atoms with Crippen LogP contribution < -0.4 is 9.47 Å². The number of benzene rings is 2. The van der Waals surface area contributed by atoms with Crippen molar-refractivity contribution >= 4 is 5.91 Å². The van der Waals surface area contributed by atoms with Crippen LogP contribution in [-0.2, 0) is 6.54 Å². The van der Waals surface area contributed by atoms with Crippen molar-refractivity contribution in [3.05, 3.63) is 60.0 Å². The molecule has 1 saturated heterocycles. The summed E-state index contributed by atoms with van der Waals surface area (Å²) < 4.78 is 40.1. The van der Waals surface area contributed by atoms with Crippen LogP contribution in [0, 0.1) is 0 Å². The fourth-order valence-electron chi connectivity index (χ4n) is 3.25. The first-order chi connectivity index (χ1) is 15.4. The van der Waals surface area contributed by atoms with Crippen LogP contribution in [-0.4, -0.2) is 65.8 Å². The molecule has 8 nitrogen and oxygen atoms in total. The Kier molecular flexibility index (Phi) is 6.31. The number of likely N-dealkylation sites (tertiary alicyclic amines) is 1. The van der Waals surface area contributed by atoms with Gasteiger partial charge in [0.25, 0.3) is 0 Å². The van der Waals surface area contributed by atoms with Crippen LogP contribution in [0.25, 0.3) is 11.5 Å². The predicted molar refractivity (Wildman–Crippen MR) is 111 cm³/mol. The fourth-order valence-corrected chi connectivity index (χ4v) is 3.25. The molecule has 0 aliphatic carbocycles. The molecule has 1 fully saturated rings. The number of amides is 1. The maximum absolute atomic E-state index is 12.6. The van der Waals surface area contributed by atoms with Gasteiger partial charge in [-0.15, -0.1) is 10.2 Å². The Labute approximate surface area is 183 Å². The Bertz CT molecular complexity index is 1050. The molecular weight excluding hydrogens is 422 g/mol. The second kappa shape index (κ2) is 9.31. The van der Waals surface area contributed by atoms with Crippen molar-refractivity contribution < 1.29 is 27.5 Å². The molecule has 168 valence electrons. The van der Waals surface area contributed by atoms with Crippen molar-refractivity contribution in [1.29, 1.82) is 0 Å². The highest BCUT2D eigenvalue weighted by Crippen LogP contribution is 2.24. The van der Waals surface area contributed by atoms with Crippen molar-refractivity contribution in [2.75, 3.05) is 27.2 Å². The average Bonchev–Trinajstić information content (AvgIpc) is 3.21. The molecule has 0 radical (unpaired) electrons. The van der Waals surface area contributed by atoms with Crippen LogP contribution in [0.15, 0.2) is 52.9 Å². The monoisotopic (exact) mass is 444 g/mol. The number of hydrogen-bond acceptors (Lipinski definition) is 7. The summed E-state index contributed by atoms with van der Waals surface area (Å²) in [4.78, 5) is 16.2. The first kappa shape index (κ1) is 21.7. The summed E-state index contributed by atoms with van der Waals surface area (Å²) in [6, 6.07) is 13.6. The molecule has 4 rings (SSSR count). The number of carbonyl (C=O) groups is 1. The Morgan fingerprint density at radius 3 is 2.38 bits per heavy atom. The highest BCUT2D eigenvalue weighted by Gasteiger charge is 2.35. The topological polar surface area (TPSA) is 80.9 Å². The van der Waals surface area contributed by atoms with E-state index in [0.29, 0.717) is 18.7 Å². The molecule has 1 amide bonds. The Morgan fingerprint density at radius 1 is 1.09 bits per heavy atom. The number of carbonyl (C=O) groups excluding carboxylic acids is 1. The molecule has 0 N–H and O–H groups in total. The summed E-state index contributed by atoms with van der Waals surface area (Å²) in [6.45, 7) is -1.22. The van der Waals surface area contributed by atoms with E-state index in [1.807, 2.05) is 38.4 Å². The molecule has 3 aromatic rings. The van der Waals surface area contributed by atoms with Gasteiger partial charge in [0.1, 0.15) is 17.6 Å². The normalized spacial score (nSPS) is 14.0. The van der Waals surface area contributed by atoms with Gasteiger partial charge in [0, 0.05) is 12.1 Å². The quantitative estimate of drug-likeness (QED) is 0.527. The zero-order valence-corrected chi connectivity index (χ0v) is 17.6. The molecule has 0 bridgehead atoms. The highest BCUT2D eigenvalue weighted by atomic mass is 19.3. The number of alkyl halides is 2. The number of ether oxygens (including phenoxy) is 2. The smallest absolute Gasteiger partial charge is 0.387 e. The SMILES string of the molecule is CN(C)Cc1ccc(OC2CN(C(=O)c3nnc(-c4ccc(OC(F)F)cc4)o3)C2)cc1. The molecular formula is C22H22F2N4O4. The van der Waals surface area contributed by atoms with Crippen molar-refractivity contribution in [2.45, 2.75) is 19.3 Å². The molecule has 1 aromatic heterocycles. The number of aromatic nitrogens is 2. The van der Waals surface area contributed by atoms with Crippen LogP contribution in [0.5, 0.6) is 11.5 Å². The number of halogens is 2. The molecule has 2 heterocycles. The van der Waals surface area contributed by atoms with Gasteiger partial charge in [0.15, 0.2) is 0 Å². The molecule has 2 aromatic carbocycles. The third-order valence-corrected chi connectivity index (χ3v) is 4.79. The Hall–Kier alpha value is -3.53. The first-order valence-electron chi connectivity index (χ1n) is 9.96. The van der Waals surface area contributed by atoms with Crippen LogP contribution in [0.4, 0.5) is 8.78 Å². The maximum Gasteiger partial charge on any atom is 0.387 e. The van der Waals surface area contributed by atoms with Gasteiger partial charge in [-0.1, -0.05) is 12.1 Å². The fraction of sp³-hybridized carbons (Fsp3) is 0.318. The lowest BCUT2D eigenvalue weighted by Crippen LogP contribution is -2.56. The lowest BCUT2D eigenvalue weighted by atomic mass is 10.1. The summed E-state index contributed by atoms with van der Waals surface area (Å²) in [7, 11) is 4.02. The van der Waals surface area contributed by atoms with E-state index in [0.717, 1.165) is 12.3 Å². The largest absolute Gasteiger partial charge is 0.487 e. The third-order valence-electron chi connectivity index (χ3n) is 4.79. The van der Waals surface area contributed by atoms with Gasteiger partial charge in [0.2, 0.25) is 5.89 Å². The zero-order valence-electron chi connectivity index (χ0n) is 17.6. The van der Waals surface area contributed by atoms with E-state index >= 15 is 0 Å². The van der Waals surface area contributed by atoms with Gasteiger partial charge >= 0.3 is 18.4 Å². The first-order valence-corrected chi connectivity index (χ1v) is 9.96. The van der Waals surface area contributed by atoms with E-state index in [9.17, 15) is 13.6 Å². The standard InChI is InChI=1S/C22H22F2N4O4/c1-27(2)11-14-3-7-16(8-4-14)30-18-12-28(13-18)21(29)20-26-25-19(32-20)15-5-9-17(10-6-15)31-22(23)24/h3-10,18,22H,11-13H2,1-2H3. The zero-order chi connectivity index (χ0) is 22.7. The summed E-state index contributed by atoms with van der Waals surface area (Å²) in [5.74, 6) is 0.354. The third kappa shape index (κ3) is 5.20. The highest BCUT2D eigenvalue weighted by molar-refractivity contribution is 5.90. The van der Waals surface area contributed by atoms with E-state index in [-0.39, 0.29) is 29.5 Å². The van der Waals surface area contributed by atoms with Crippen LogP contribution in [0.3, 0.4) is 0 Å². The summed E-state index contributed by atoms with van der Waals surface area (Å²) in [5, 5.41) is 7.67. The Balaban J connectivity index is 1.29. The van der Waals surface area contributed by atoms with Gasteiger partial charge in [-0.05, 0) is 56.1 Å². The second-order valence-electron chi connectivity index (χ2n) is 7.65. The molecule has 0 atom stereocenters. The summed E-state index contributed by atoms with van der Waals surface area (Å²) in [5.41, 5.74) is 1.68. The van der Waals surface area contributed by atoms with Crippen molar-refractivity contribution in [3.63, 3.8) is 0 Å². The van der Waals surface area contributed by atoms with Gasteiger partial charge < -0.3 is 23.7 Å². The molecule has 10 heteroatoms.